The Balaban J connectivity index is 2.03. The van der Waals surface area contributed by atoms with Gasteiger partial charge in [-0.1, -0.05) is 48.3 Å². The molecule has 1 aromatic carbocycles. The van der Waals surface area contributed by atoms with Crippen molar-refractivity contribution in [1.29, 1.82) is 0 Å². The second-order valence-electron chi connectivity index (χ2n) is 4.79. The molecule has 3 nitrogen and oxygen atoms in total. The smallest absolute Gasteiger partial charge is 0.266 e. The minimum absolute atomic E-state index is 0.0437. The lowest BCUT2D eigenvalue weighted by atomic mass is 10.1. The van der Waals surface area contributed by atoms with Gasteiger partial charge in [0.15, 0.2) is 0 Å². The number of hydrogen-bond donors (Lipinski definition) is 0. The number of para-hydroxylation sites is 1. The lowest BCUT2D eigenvalue weighted by Crippen LogP contribution is -2.27. The number of carbonyl (C=O) groups is 1. The van der Waals surface area contributed by atoms with Crippen LogP contribution in [0.25, 0.3) is 17.0 Å². The number of aromatic nitrogens is 1. The van der Waals surface area contributed by atoms with Crippen LogP contribution in [0.1, 0.15) is 5.56 Å². The molecular weight excluding hydrogens is 300 g/mol. The standard InChI is InChI=1S/C16H14N2OS2/c1-3-8-18-15(19)14(21-16(18)20)9-11-10-17(2)13-7-5-4-6-12(11)13/h3-7,9-10H,1,8H2,2H3/b14-9+. The summed E-state index contributed by atoms with van der Waals surface area (Å²) in [6.45, 7) is 4.12. The predicted octanol–water partition coefficient (Wildman–Crippen LogP) is 3.57. The van der Waals surface area contributed by atoms with Gasteiger partial charge in [-0.15, -0.1) is 6.58 Å². The minimum atomic E-state index is -0.0437. The van der Waals surface area contributed by atoms with Gasteiger partial charge in [-0.05, 0) is 12.1 Å². The van der Waals surface area contributed by atoms with E-state index in [-0.39, 0.29) is 5.91 Å². The number of carbonyl (C=O) groups excluding carboxylic acids is 1. The van der Waals surface area contributed by atoms with E-state index in [4.69, 9.17) is 12.2 Å². The van der Waals surface area contributed by atoms with Crippen LogP contribution in [0.5, 0.6) is 0 Å². The second-order valence-corrected chi connectivity index (χ2v) is 6.47. The summed E-state index contributed by atoms with van der Waals surface area (Å²) in [7, 11) is 2.00. The molecule has 2 aromatic rings. The Morgan fingerprint density at radius 1 is 1.38 bits per heavy atom. The number of thioether (sulfide) groups is 1. The molecule has 1 amide bonds. The number of hydrogen-bond acceptors (Lipinski definition) is 3. The van der Waals surface area contributed by atoms with Crippen LogP contribution in [0.2, 0.25) is 0 Å². The van der Waals surface area contributed by atoms with E-state index in [1.165, 1.54) is 11.8 Å². The third kappa shape index (κ3) is 2.43. The summed E-state index contributed by atoms with van der Waals surface area (Å²) in [5.74, 6) is -0.0437. The Hall–Kier alpha value is -1.85. The number of aryl methyl sites for hydroxylation is 1. The summed E-state index contributed by atoms with van der Waals surface area (Å²) in [5, 5.41) is 1.13. The Morgan fingerprint density at radius 2 is 2.14 bits per heavy atom. The van der Waals surface area contributed by atoms with Crippen LogP contribution in [-0.2, 0) is 11.8 Å². The fourth-order valence-electron chi connectivity index (χ4n) is 2.42. The molecule has 0 radical (unpaired) electrons. The number of thiocarbonyl (C=S) groups is 1. The van der Waals surface area contributed by atoms with Crippen LogP contribution in [0.15, 0.2) is 48.0 Å². The number of rotatable bonds is 3. The molecule has 1 aliphatic rings. The highest BCUT2D eigenvalue weighted by Gasteiger charge is 2.31. The fourth-order valence-corrected chi connectivity index (χ4v) is 3.68. The van der Waals surface area contributed by atoms with E-state index in [2.05, 4.69) is 23.3 Å². The van der Waals surface area contributed by atoms with Crippen LogP contribution in [-0.4, -0.2) is 26.2 Å². The summed E-state index contributed by atoms with van der Waals surface area (Å²) >= 11 is 6.60. The summed E-state index contributed by atoms with van der Waals surface area (Å²) in [4.78, 5) is 14.6. The van der Waals surface area contributed by atoms with E-state index in [1.54, 1.807) is 11.0 Å². The fraction of sp³-hybridized carbons (Fsp3) is 0.125. The molecule has 3 rings (SSSR count). The third-order valence-electron chi connectivity index (χ3n) is 3.40. The van der Waals surface area contributed by atoms with Crippen molar-refractivity contribution in [2.75, 3.05) is 6.54 Å². The molecule has 2 heterocycles. The maximum Gasteiger partial charge on any atom is 0.266 e. The molecule has 0 spiro atoms. The Morgan fingerprint density at radius 3 is 2.90 bits per heavy atom. The largest absolute Gasteiger partial charge is 0.350 e. The molecule has 0 aliphatic carbocycles. The van der Waals surface area contributed by atoms with Gasteiger partial charge in [0.1, 0.15) is 4.32 Å². The zero-order valence-electron chi connectivity index (χ0n) is 11.6. The maximum atomic E-state index is 12.3. The highest BCUT2D eigenvalue weighted by molar-refractivity contribution is 8.26. The van der Waals surface area contributed by atoms with Gasteiger partial charge >= 0.3 is 0 Å². The van der Waals surface area contributed by atoms with Gasteiger partial charge in [-0.3, -0.25) is 9.69 Å². The molecule has 0 saturated carbocycles. The zero-order chi connectivity index (χ0) is 15.0. The Kier molecular flexibility index (Phi) is 3.69. The number of benzene rings is 1. The van der Waals surface area contributed by atoms with Gasteiger partial charge in [0.2, 0.25) is 0 Å². The first-order valence-corrected chi connectivity index (χ1v) is 7.74. The van der Waals surface area contributed by atoms with Crippen LogP contribution in [0.4, 0.5) is 0 Å². The lowest BCUT2D eigenvalue weighted by molar-refractivity contribution is -0.121. The highest BCUT2D eigenvalue weighted by atomic mass is 32.2. The first-order chi connectivity index (χ1) is 10.1. The molecule has 0 N–H and O–H groups in total. The molecular formula is C16H14N2OS2. The lowest BCUT2D eigenvalue weighted by Gasteiger charge is -2.10. The maximum absolute atomic E-state index is 12.3. The average molecular weight is 314 g/mol. The third-order valence-corrected chi connectivity index (χ3v) is 4.78. The van der Waals surface area contributed by atoms with Gasteiger partial charge in [-0.2, -0.15) is 0 Å². The number of nitrogens with zero attached hydrogens (tertiary/aromatic N) is 2. The quantitative estimate of drug-likeness (QED) is 0.492. The highest BCUT2D eigenvalue weighted by Crippen LogP contribution is 2.34. The molecule has 1 aromatic heterocycles. The van der Waals surface area contributed by atoms with E-state index >= 15 is 0 Å². The van der Waals surface area contributed by atoms with Crippen molar-refractivity contribution >= 4 is 51.2 Å². The van der Waals surface area contributed by atoms with Crippen LogP contribution in [0.3, 0.4) is 0 Å². The van der Waals surface area contributed by atoms with Gasteiger partial charge < -0.3 is 4.57 Å². The van der Waals surface area contributed by atoms with E-state index < -0.39 is 0 Å². The van der Waals surface area contributed by atoms with Crippen LogP contribution in [0, 0.1) is 0 Å². The van der Waals surface area contributed by atoms with E-state index in [1.807, 2.05) is 31.5 Å². The number of fused-ring (bicyclic) bond motifs is 1. The van der Waals surface area contributed by atoms with Gasteiger partial charge in [0, 0.05) is 36.3 Å². The van der Waals surface area contributed by atoms with Crippen molar-refractivity contribution in [3.8, 4) is 0 Å². The van der Waals surface area contributed by atoms with Crippen molar-refractivity contribution < 1.29 is 4.79 Å². The van der Waals surface area contributed by atoms with Crippen molar-refractivity contribution in [2.24, 2.45) is 7.05 Å². The van der Waals surface area contributed by atoms with E-state index in [0.29, 0.717) is 15.8 Å². The zero-order valence-corrected chi connectivity index (χ0v) is 13.2. The molecule has 1 fully saturated rings. The molecule has 5 heteroatoms. The normalized spacial score (nSPS) is 17.2. The molecule has 0 atom stereocenters. The topological polar surface area (TPSA) is 25.2 Å². The van der Waals surface area contributed by atoms with Crippen molar-refractivity contribution in [3.05, 3.63) is 53.6 Å². The first kappa shape index (κ1) is 14.1. The van der Waals surface area contributed by atoms with Gasteiger partial charge in [-0.25, -0.2) is 0 Å². The van der Waals surface area contributed by atoms with Crippen molar-refractivity contribution in [2.45, 2.75) is 0 Å². The van der Waals surface area contributed by atoms with Gasteiger partial charge in [0.05, 0.1) is 4.91 Å². The summed E-state index contributed by atoms with van der Waals surface area (Å²) < 4.78 is 2.65. The molecule has 106 valence electrons. The Bertz CT molecular complexity index is 789. The Labute approximate surface area is 132 Å². The molecule has 0 unspecified atom stereocenters. The van der Waals surface area contributed by atoms with Crippen LogP contribution >= 0.6 is 24.0 Å². The summed E-state index contributed by atoms with van der Waals surface area (Å²) in [6, 6.07) is 8.14. The van der Waals surface area contributed by atoms with Gasteiger partial charge in [0.25, 0.3) is 5.91 Å². The minimum Gasteiger partial charge on any atom is -0.350 e. The first-order valence-electron chi connectivity index (χ1n) is 6.52. The van der Waals surface area contributed by atoms with E-state index in [9.17, 15) is 4.79 Å². The molecule has 1 saturated heterocycles. The predicted molar refractivity (Wildman–Crippen MR) is 93.0 cm³/mol. The van der Waals surface area contributed by atoms with Crippen molar-refractivity contribution in [3.63, 3.8) is 0 Å². The second kappa shape index (κ2) is 5.50. The van der Waals surface area contributed by atoms with E-state index in [0.717, 1.165) is 16.5 Å². The average Bonchev–Trinajstić information content (AvgIpc) is 2.93. The SMILES string of the molecule is C=CCN1C(=O)/C(=C\c2cn(C)c3ccccc23)SC1=S. The molecule has 21 heavy (non-hydrogen) atoms. The monoisotopic (exact) mass is 314 g/mol. The molecule has 1 aliphatic heterocycles. The van der Waals surface area contributed by atoms with Crippen molar-refractivity contribution in [1.82, 2.24) is 9.47 Å². The number of amides is 1. The summed E-state index contributed by atoms with van der Waals surface area (Å²) in [5.41, 5.74) is 2.18. The summed E-state index contributed by atoms with van der Waals surface area (Å²) in [6.07, 6.45) is 5.64. The van der Waals surface area contributed by atoms with Crippen LogP contribution < -0.4 is 0 Å². The molecule has 0 bridgehead atoms.